The van der Waals surface area contributed by atoms with Gasteiger partial charge in [0, 0.05) is 24.3 Å². The molecule has 0 radical (unpaired) electrons. The number of amides is 2. The number of benzene rings is 3. The number of hydrogen-bond donors (Lipinski definition) is 1. The number of carbonyl (C=O) groups excluding carboxylic acids is 1. The highest BCUT2D eigenvalue weighted by Crippen LogP contribution is 2.23. The summed E-state index contributed by atoms with van der Waals surface area (Å²) < 4.78 is 48.6. The lowest BCUT2D eigenvalue weighted by molar-refractivity contribution is 0.187. The molecule has 0 aromatic heterocycles. The minimum atomic E-state index is -4.13. The molecule has 34 heavy (non-hydrogen) atoms. The zero-order chi connectivity index (χ0) is 24.7. The van der Waals surface area contributed by atoms with E-state index in [1.54, 1.807) is 54.5 Å². The number of hydrogen-bond acceptors (Lipinski definition) is 5. The molecule has 0 fully saturated rings. The first-order valence-corrected chi connectivity index (χ1v) is 12.1. The molecule has 1 atom stereocenters. The fourth-order valence-corrected chi connectivity index (χ4v) is 4.14. The summed E-state index contributed by atoms with van der Waals surface area (Å²) >= 11 is 0. The van der Waals surface area contributed by atoms with Gasteiger partial charge in [0.05, 0.1) is 7.11 Å². The Morgan fingerprint density at radius 1 is 1.03 bits per heavy atom. The molecule has 7 nitrogen and oxygen atoms in total. The van der Waals surface area contributed by atoms with Crippen LogP contribution >= 0.6 is 0 Å². The topological polar surface area (TPSA) is 84.9 Å². The molecule has 180 valence electrons. The van der Waals surface area contributed by atoms with Gasteiger partial charge in [0.15, 0.2) is 0 Å². The van der Waals surface area contributed by atoms with Crippen molar-refractivity contribution in [3.8, 4) is 11.5 Å². The van der Waals surface area contributed by atoms with E-state index in [0.29, 0.717) is 17.0 Å². The molecule has 0 saturated heterocycles. The van der Waals surface area contributed by atoms with Crippen molar-refractivity contribution in [1.29, 1.82) is 0 Å². The predicted molar refractivity (Wildman–Crippen MR) is 128 cm³/mol. The molecule has 9 heteroatoms. The number of halogens is 1. The van der Waals surface area contributed by atoms with Gasteiger partial charge in [-0.05, 0) is 67.4 Å². The molecule has 0 spiro atoms. The Morgan fingerprint density at radius 3 is 2.38 bits per heavy atom. The Morgan fingerprint density at radius 2 is 1.71 bits per heavy atom. The lowest BCUT2D eigenvalue weighted by Crippen LogP contribution is -2.40. The third kappa shape index (κ3) is 6.48. The van der Waals surface area contributed by atoms with E-state index >= 15 is 0 Å². The third-order valence-electron chi connectivity index (χ3n) is 5.26. The van der Waals surface area contributed by atoms with Gasteiger partial charge in [-0.2, -0.15) is 8.42 Å². The van der Waals surface area contributed by atoms with Crippen LogP contribution in [0, 0.1) is 5.82 Å². The van der Waals surface area contributed by atoms with Crippen LogP contribution < -0.4 is 14.2 Å². The first kappa shape index (κ1) is 25.0. The van der Waals surface area contributed by atoms with Crippen molar-refractivity contribution in [2.24, 2.45) is 0 Å². The molecule has 0 aliphatic heterocycles. The van der Waals surface area contributed by atoms with Crippen LogP contribution in [0.15, 0.2) is 77.7 Å². The molecular formula is C25H27FN2O5S. The number of urea groups is 1. The van der Waals surface area contributed by atoms with Crippen LogP contribution in [0.2, 0.25) is 0 Å². The van der Waals surface area contributed by atoms with Crippen LogP contribution in [0.25, 0.3) is 0 Å². The van der Waals surface area contributed by atoms with E-state index in [-0.39, 0.29) is 29.3 Å². The number of anilines is 1. The minimum Gasteiger partial charge on any atom is -0.497 e. The maximum absolute atomic E-state index is 13.1. The average Bonchev–Trinajstić information content (AvgIpc) is 2.82. The second-order valence-corrected chi connectivity index (χ2v) is 9.23. The summed E-state index contributed by atoms with van der Waals surface area (Å²) in [6.07, 6.45) is 0.723. The molecule has 1 unspecified atom stereocenters. The van der Waals surface area contributed by atoms with E-state index in [1.807, 2.05) is 13.8 Å². The van der Waals surface area contributed by atoms with Crippen LogP contribution in [0.5, 0.6) is 11.5 Å². The number of nitrogens with zero attached hydrogens (tertiary/aromatic N) is 1. The van der Waals surface area contributed by atoms with E-state index in [2.05, 4.69) is 5.32 Å². The highest BCUT2D eigenvalue weighted by molar-refractivity contribution is 7.87. The smallest absolute Gasteiger partial charge is 0.339 e. The van der Waals surface area contributed by atoms with Crippen molar-refractivity contribution in [1.82, 2.24) is 4.90 Å². The molecule has 0 heterocycles. The van der Waals surface area contributed by atoms with Crippen LogP contribution in [0.1, 0.15) is 25.8 Å². The van der Waals surface area contributed by atoms with Crippen LogP contribution in [0.4, 0.5) is 14.9 Å². The quantitative estimate of drug-likeness (QED) is 0.408. The maximum Gasteiger partial charge on any atom is 0.339 e. The van der Waals surface area contributed by atoms with Gasteiger partial charge in [0.25, 0.3) is 0 Å². The van der Waals surface area contributed by atoms with Crippen LogP contribution in [-0.4, -0.2) is 32.5 Å². The summed E-state index contributed by atoms with van der Waals surface area (Å²) in [7, 11) is -2.58. The van der Waals surface area contributed by atoms with Crippen molar-refractivity contribution < 1.29 is 26.5 Å². The van der Waals surface area contributed by atoms with Crippen molar-refractivity contribution in [2.45, 2.75) is 37.8 Å². The van der Waals surface area contributed by atoms with Crippen LogP contribution in [-0.2, 0) is 16.7 Å². The van der Waals surface area contributed by atoms with Crippen molar-refractivity contribution in [3.63, 3.8) is 0 Å². The molecule has 3 aromatic carbocycles. The van der Waals surface area contributed by atoms with Gasteiger partial charge >= 0.3 is 16.1 Å². The summed E-state index contributed by atoms with van der Waals surface area (Å²) in [4.78, 5) is 14.6. The summed E-state index contributed by atoms with van der Waals surface area (Å²) in [5.41, 5.74) is 1.29. The lowest BCUT2D eigenvalue weighted by atomic mass is 10.1. The van der Waals surface area contributed by atoms with Gasteiger partial charge in [-0.15, -0.1) is 0 Å². The normalized spacial score (nSPS) is 12.0. The van der Waals surface area contributed by atoms with Gasteiger partial charge in [0.2, 0.25) is 0 Å². The number of carbonyl (C=O) groups is 1. The van der Waals surface area contributed by atoms with Crippen LogP contribution in [0.3, 0.4) is 0 Å². The summed E-state index contributed by atoms with van der Waals surface area (Å²) in [6.45, 7) is 4.15. The number of methoxy groups -OCH3 is 1. The Hall–Kier alpha value is -3.59. The van der Waals surface area contributed by atoms with E-state index in [0.717, 1.165) is 30.7 Å². The van der Waals surface area contributed by atoms with Crippen molar-refractivity contribution in [3.05, 3.63) is 84.2 Å². The van der Waals surface area contributed by atoms with E-state index in [1.165, 1.54) is 6.07 Å². The summed E-state index contributed by atoms with van der Waals surface area (Å²) in [6, 6.07) is 17.6. The first-order valence-electron chi connectivity index (χ1n) is 10.7. The number of nitrogens with one attached hydrogen (secondary N) is 1. The molecule has 0 bridgehead atoms. The highest BCUT2D eigenvalue weighted by atomic mass is 32.2. The monoisotopic (exact) mass is 486 g/mol. The molecule has 2 amide bonds. The Bertz CT molecular complexity index is 1230. The lowest BCUT2D eigenvalue weighted by Gasteiger charge is -2.29. The number of ether oxygens (including phenoxy) is 1. The molecule has 0 aliphatic carbocycles. The van der Waals surface area contributed by atoms with Crippen molar-refractivity contribution in [2.75, 3.05) is 12.4 Å². The van der Waals surface area contributed by atoms with E-state index in [9.17, 15) is 17.6 Å². The zero-order valence-electron chi connectivity index (χ0n) is 19.2. The molecule has 0 saturated carbocycles. The first-order chi connectivity index (χ1) is 16.2. The van der Waals surface area contributed by atoms with Crippen molar-refractivity contribution >= 4 is 21.8 Å². The fraction of sp³-hybridized carbons (Fsp3) is 0.240. The predicted octanol–water partition coefficient (Wildman–Crippen LogP) is 5.43. The molecular weight excluding hydrogens is 459 g/mol. The summed E-state index contributed by atoms with van der Waals surface area (Å²) in [5.74, 6) is 0.178. The Kier molecular flexibility index (Phi) is 8.12. The minimum absolute atomic E-state index is 0.0851. The van der Waals surface area contributed by atoms with Gasteiger partial charge in [0.1, 0.15) is 22.2 Å². The Labute approximate surface area is 199 Å². The standard InChI is InChI=1S/C25H27FN2O5S/c1-4-18(2)28(25(29)27-21-8-6-9-22(16-21)32-3)17-19-7-5-10-23(15-19)33-34(30,31)24-13-11-20(26)12-14-24/h5-16,18H,4,17H2,1-3H3,(H,27,29). The fourth-order valence-electron chi connectivity index (χ4n) is 3.21. The number of rotatable bonds is 9. The van der Waals surface area contributed by atoms with Gasteiger partial charge in [-0.3, -0.25) is 0 Å². The Balaban J connectivity index is 1.77. The van der Waals surface area contributed by atoms with E-state index in [4.69, 9.17) is 8.92 Å². The average molecular weight is 487 g/mol. The van der Waals surface area contributed by atoms with E-state index < -0.39 is 15.9 Å². The zero-order valence-corrected chi connectivity index (χ0v) is 20.0. The largest absolute Gasteiger partial charge is 0.497 e. The SMILES string of the molecule is CCC(C)N(Cc1cccc(OS(=O)(=O)c2ccc(F)cc2)c1)C(=O)Nc1cccc(OC)c1. The highest BCUT2D eigenvalue weighted by Gasteiger charge is 2.21. The molecule has 3 rings (SSSR count). The second-order valence-electron chi connectivity index (χ2n) is 7.69. The molecule has 0 aliphatic rings. The van der Waals surface area contributed by atoms with Gasteiger partial charge < -0.3 is 19.1 Å². The summed E-state index contributed by atoms with van der Waals surface area (Å²) in [5, 5.41) is 2.88. The maximum atomic E-state index is 13.1. The van der Waals surface area contributed by atoms with Gasteiger partial charge in [-0.25, -0.2) is 9.18 Å². The third-order valence-corrected chi connectivity index (χ3v) is 6.53. The van der Waals surface area contributed by atoms with Gasteiger partial charge in [-0.1, -0.05) is 25.1 Å². The molecule has 1 N–H and O–H groups in total. The molecule has 3 aromatic rings. The second kappa shape index (κ2) is 11.0.